The van der Waals surface area contributed by atoms with Crippen LogP contribution in [0.1, 0.15) is 12.8 Å². The van der Waals surface area contributed by atoms with Gasteiger partial charge in [0.05, 0.1) is 0 Å². The lowest BCUT2D eigenvalue weighted by Gasteiger charge is -1.98. The molecule has 0 aromatic carbocycles. The molecule has 2 rings (SSSR count). The smallest absolute Gasteiger partial charge is 0.423 e. The first-order valence-electron chi connectivity index (χ1n) is 4.38. The lowest BCUT2D eigenvalue weighted by molar-refractivity contribution is 0.425. The first-order chi connectivity index (χ1) is 6.16. The fourth-order valence-corrected chi connectivity index (χ4v) is 1.96. The minimum atomic E-state index is -1.38. The van der Waals surface area contributed by atoms with Gasteiger partial charge in [-0.2, -0.15) is 0 Å². The Morgan fingerprint density at radius 1 is 1.46 bits per heavy atom. The maximum Gasteiger partial charge on any atom is 0.491 e. The number of aromatic nitrogens is 1. The van der Waals surface area contributed by atoms with Gasteiger partial charge in [-0.15, -0.1) is 0 Å². The Kier molecular flexibility index (Phi) is 2.49. The van der Waals surface area contributed by atoms with Crippen LogP contribution in [0.4, 0.5) is 0 Å². The highest BCUT2D eigenvalue weighted by molar-refractivity contribution is 9.10. The summed E-state index contributed by atoms with van der Waals surface area (Å²) in [6.07, 6.45) is 6.28. The molecule has 1 heterocycles. The van der Waals surface area contributed by atoms with Gasteiger partial charge in [-0.05, 0) is 34.7 Å². The summed E-state index contributed by atoms with van der Waals surface area (Å²) in [7, 11) is -1.38. The Labute approximate surface area is 85.7 Å². The molecule has 5 heteroatoms. The van der Waals surface area contributed by atoms with Crippen LogP contribution >= 0.6 is 15.9 Å². The van der Waals surface area contributed by atoms with Gasteiger partial charge in [0, 0.05) is 28.9 Å². The Hall–Kier alpha value is -0.255. The molecule has 1 aromatic heterocycles. The van der Waals surface area contributed by atoms with Crippen molar-refractivity contribution < 1.29 is 10.0 Å². The van der Waals surface area contributed by atoms with Gasteiger partial charge in [-0.3, -0.25) is 0 Å². The largest absolute Gasteiger partial charge is 0.491 e. The molecule has 2 N–H and O–H groups in total. The number of rotatable bonds is 3. The molecule has 1 aromatic rings. The highest BCUT2D eigenvalue weighted by Crippen LogP contribution is 2.30. The summed E-state index contributed by atoms with van der Waals surface area (Å²) in [5, 5.41) is 18.0. The number of hydrogen-bond donors (Lipinski definition) is 2. The molecule has 70 valence electrons. The lowest BCUT2D eigenvalue weighted by Crippen LogP contribution is -2.29. The van der Waals surface area contributed by atoms with E-state index in [1.807, 2.05) is 10.8 Å². The molecular formula is C8H11BBrNO2. The Bertz CT molecular complexity index is 309. The standard InChI is InChI=1S/C8H11BBrNO2/c10-8-5-11(3-6-1-2-6)4-7(8)9(12)13/h4-6,12-13H,1-3H2. The van der Waals surface area contributed by atoms with E-state index in [0.717, 1.165) is 16.9 Å². The van der Waals surface area contributed by atoms with E-state index in [2.05, 4.69) is 15.9 Å². The molecule has 0 radical (unpaired) electrons. The topological polar surface area (TPSA) is 45.4 Å². The van der Waals surface area contributed by atoms with E-state index < -0.39 is 7.12 Å². The maximum atomic E-state index is 8.98. The third kappa shape index (κ3) is 2.16. The summed E-state index contributed by atoms with van der Waals surface area (Å²) in [4.78, 5) is 0. The molecule has 3 nitrogen and oxygen atoms in total. The van der Waals surface area contributed by atoms with Gasteiger partial charge in [-0.25, -0.2) is 0 Å². The summed E-state index contributed by atoms with van der Waals surface area (Å²) >= 11 is 3.29. The fraction of sp³-hybridized carbons (Fsp3) is 0.500. The van der Waals surface area contributed by atoms with Crippen molar-refractivity contribution >= 4 is 28.5 Å². The van der Waals surface area contributed by atoms with Crippen molar-refractivity contribution in [3.05, 3.63) is 16.9 Å². The van der Waals surface area contributed by atoms with Crippen molar-refractivity contribution in [3.8, 4) is 0 Å². The summed E-state index contributed by atoms with van der Waals surface area (Å²) in [6, 6.07) is 0. The predicted molar refractivity (Wildman–Crippen MR) is 54.7 cm³/mol. The summed E-state index contributed by atoms with van der Waals surface area (Å²) in [5.74, 6) is 0.794. The van der Waals surface area contributed by atoms with Crippen molar-refractivity contribution in [1.82, 2.24) is 4.57 Å². The Morgan fingerprint density at radius 2 is 2.15 bits per heavy atom. The van der Waals surface area contributed by atoms with Gasteiger partial charge in [0.2, 0.25) is 0 Å². The van der Waals surface area contributed by atoms with Gasteiger partial charge < -0.3 is 14.6 Å². The molecule has 0 unspecified atom stereocenters. The van der Waals surface area contributed by atoms with Crippen molar-refractivity contribution in [3.63, 3.8) is 0 Å². The van der Waals surface area contributed by atoms with Gasteiger partial charge >= 0.3 is 7.12 Å². The molecule has 0 atom stereocenters. The monoisotopic (exact) mass is 243 g/mol. The minimum absolute atomic E-state index is 0.542. The molecule has 1 saturated carbocycles. The maximum absolute atomic E-state index is 8.98. The van der Waals surface area contributed by atoms with Crippen LogP contribution in [0.15, 0.2) is 16.9 Å². The zero-order chi connectivity index (χ0) is 9.42. The second-order valence-corrected chi connectivity index (χ2v) is 4.43. The summed E-state index contributed by atoms with van der Waals surface area (Å²) in [6.45, 7) is 0.991. The second-order valence-electron chi connectivity index (χ2n) is 3.58. The van der Waals surface area contributed by atoms with Crippen LogP contribution in [-0.4, -0.2) is 21.7 Å². The lowest BCUT2D eigenvalue weighted by atomic mass is 9.83. The quantitative estimate of drug-likeness (QED) is 0.753. The summed E-state index contributed by atoms with van der Waals surface area (Å²) < 4.78 is 2.78. The van der Waals surface area contributed by atoms with Crippen molar-refractivity contribution in [2.75, 3.05) is 0 Å². The van der Waals surface area contributed by atoms with E-state index in [1.165, 1.54) is 12.8 Å². The molecule has 0 spiro atoms. The first-order valence-corrected chi connectivity index (χ1v) is 5.17. The van der Waals surface area contributed by atoms with E-state index in [9.17, 15) is 0 Å². The van der Waals surface area contributed by atoms with E-state index in [1.54, 1.807) is 6.20 Å². The fourth-order valence-electron chi connectivity index (χ4n) is 1.39. The molecule has 1 aliphatic rings. The molecule has 13 heavy (non-hydrogen) atoms. The molecule has 0 bridgehead atoms. The van der Waals surface area contributed by atoms with Gasteiger partial charge in [0.25, 0.3) is 0 Å². The first kappa shape index (κ1) is 9.31. The number of halogens is 1. The van der Waals surface area contributed by atoms with Crippen molar-refractivity contribution in [2.45, 2.75) is 19.4 Å². The van der Waals surface area contributed by atoms with Crippen LogP contribution in [0.25, 0.3) is 0 Å². The van der Waals surface area contributed by atoms with Gasteiger partial charge in [-0.1, -0.05) is 0 Å². The molecule has 1 fully saturated rings. The Morgan fingerprint density at radius 3 is 2.62 bits per heavy atom. The van der Waals surface area contributed by atoms with Crippen LogP contribution < -0.4 is 5.46 Å². The zero-order valence-electron chi connectivity index (χ0n) is 7.15. The highest BCUT2D eigenvalue weighted by atomic mass is 79.9. The molecule has 0 saturated heterocycles. The highest BCUT2D eigenvalue weighted by Gasteiger charge is 2.23. The van der Waals surface area contributed by atoms with Crippen LogP contribution in [0.5, 0.6) is 0 Å². The number of hydrogen-bond acceptors (Lipinski definition) is 2. The van der Waals surface area contributed by atoms with Crippen molar-refractivity contribution in [2.24, 2.45) is 5.92 Å². The average Bonchev–Trinajstić information content (AvgIpc) is 2.75. The van der Waals surface area contributed by atoms with E-state index in [4.69, 9.17) is 10.0 Å². The zero-order valence-corrected chi connectivity index (χ0v) is 8.74. The minimum Gasteiger partial charge on any atom is -0.423 e. The normalized spacial score (nSPS) is 16.2. The molecule has 1 aliphatic carbocycles. The molecular weight excluding hydrogens is 233 g/mol. The number of nitrogens with zero attached hydrogens (tertiary/aromatic N) is 1. The average molecular weight is 244 g/mol. The van der Waals surface area contributed by atoms with Gasteiger partial charge in [0.1, 0.15) is 0 Å². The third-order valence-electron chi connectivity index (χ3n) is 2.30. The predicted octanol–water partition coefficient (Wildman–Crippen LogP) is 0.340. The molecule has 0 amide bonds. The van der Waals surface area contributed by atoms with Gasteiger partial charge in [0.15, 0.2) is 0 Å². The van der Waals surface area contributed by atoms with Crippen LogP contribution in [-0.2, 0) is 6.54 Å². The summed E-state index contributed by atoms with van der Waals surface area (Å²) in [5.41, 5.74) is 0.542. The van der Waals surface area contributed by atoms with Crippen LogP contribution in [0.2, 0.25) is 0 Å². The third-order valence-corrected chi connectivity index (χ3v) is 2.97. The van der Waals surface area contributed by atoms with E-state index >= 15 is 0 Å². The molecule has 0 aliphatic heterocycles. The SMILES string of the molecule is OB(O)c1cn(CC2CC2)cc1Br. The van der Waals surface area contributed by atoms with E-state index in [-0.39, 0.29) is 0 Å². The van der Waals surface area contributed by atoms with Crippen molar-refractivity contribution in [1.29, 1.82) is 0 Å². The van der Waals surface area contributed by atoms with Crippen LogP contribution in [0, 0.1) is 5.92 Å². The Balaban J connectivity index is 2.13. The van der Waals surface area contributed by atoms with Crippen LogP contribution in [0.3, 0.4) is 0 Å². The second kappa shape index (κ2) is 3.48. The van der Waals surface area contributed by atoms with E-state index in [0.29, 0.717) is 5.46 Å².